The van der Waals surface area contributed by atoms with Crippen LogP contribution in [-0.2, 0) is 4.74 Å². The lowest BCUT2D eigenvalue weighted by atomic mass is 10.1. The van der Waals surface area contributed by atoms with Gasteiger partial charge in [0.25, 0.3) is 0 Å². The molecule has 8 heteroatoms. The number of fused-ring (bicyclic) bond motifs is 1. The molecule has 0 bridgehead atoms. The van der Waals surface area contributed by atoms with Crippen molar-refractivity contribution in [3.05, 3.63) is 27.3 Å². The van der Waals surface area contributed by atoms with Gasteiger partial charge in [0, 0.05) is 0 Å². The van der Waals surface area contributed by atoms with Gasteiger partial charge in [0.05, 0.1) is 17.6 Å². The van der Waals surface area contributed by atoms with Gasteiger partial charge in [-0.2, -0.15) is 0 Å². The van der Waals surface area contributed by atoms with Crippen LogP contribution in [0.15, 0.2) is 6.07 Å². The number of nitro groups is 1. The number of phenolic OH excluding ortho intramolecular Hbond substituents is 1. The van der Waals surface area contributed by atoms with Crippen LogP contribution in [0.2, 0.25) is 0 Å². The van der Waals surface area contributed by atoms with Crippen molar-refractivity contribution in [3.63, 3.8) is 0 Å². The average Bonchev–Trinajstić information content (AvgIpc) is 2.53. The zero-order valence-electron chi connectivity index (χ0n) is 8.42. The van der Waals surface area contributed by atoms with Gasteiger partial charge in [-0.25, -0.2) is 9.59 Å². The van der Waals surface area contributed by atoms with E-state index in [0.717, 1.165) is 13.2 Å². The predicted molar refractivity (Wildman–Crippen MR) is 51.1 cm³/mol. The number of methoxy groups -OCH3 is 1. The summed E-state index contributed by atoms with van der Waals surface area (Å²) in [5, 5.41) is 20.3. The maximum absolute atomic E-state index is 11.3. The Hall–Kier alpha value is -2.64. The summed E-state index contributed by atoms with van der Waals surface area (Å²) in [6.45, 7) is 0. The number of hydrogen-bond donors (Lipinski definition) is 1. The van der Waals surface area contributed by atoms with Gasteiger partial charge in [0.2, 0.25) is 5.75 Å². The highest BCUT2D eigenvalue weighted by Gasteiger charge is 2.41. The fraction of sp³-hybridized carbons (Fsp3) is 0.111. The van der Waals surface area contributed by atoms with E-state index in [0.29, 0.717) is 0 Å². The summed E-state index contributed by atoms with van der Waals surface area (Å²) in [5.41, 5.74) is -1.75. The normalized spacial score (nSPS) is 13.2. The van der Waals surface area contributed by atoms with Crippen LogP contribution in [0.4, 0.5) is 5.69 Å². The van der Waals surface area contributed by atoms with Crippen LogP contribution >= 0.6 is 0 Å². The Morgan fingerprint density at radius 1 is 1.41 bits per heavy atom. The largest absolute Gasteiger partial charge is 0.499 e. The molecule has 1 heterocycles. The molecule has 1 aliphatic rings. The molecule has 1 aromatic rings. The van der Waals surface area contributed by atoms with E-state index in [1.807, 2.05) is 0 Å². The summed E-state index contributed by atoms with van der Waals surface area (Å²) in [6, 6.07) is 1.02. The molecule has 0 aromatic heterocycles. The van der Waals surface area contributed by atoms with E-state index in [-0.39, 0.29) is 11.3 Å². The number of ether oxygens (including phenoxy) is 2. The number of aromatic hydroxyl groups is 1. The average molecular weight is 239 g/mol. The molecule has 0 radical (unpaired) electrons. The van der Waals surface area contributed by atoms with Crippen LogP contribution in [-0.4, -0.2) is 29.1 Å². The van der Waals surface area contributed by atoms with E-state index >= 15 is 0 Å². The van der Waals surface area contributed by atoms with Crippen molar-refractivity contribution < 1.29 is 29.1 Å². The number of nitro benzene ring substituents is 1. The topological polar surface area (TPSA) is 116 Å². The lowest BCUT2D eigenvalue weighted by molar-refractivity contribution is -0.386. The van der Waals surface area contributed by atoms with Gasteiger partial charge < -0.3 is 14.6 Å². The Bertz CT molecular complexity index is 563. The zero-order valence-corrected chi connectivity index (χ0v) is 8.42. The minimum atomic E-state index is -1.16. The predicted octanol–water partition coefficient (Wildman–Crippen LogP) is 0.620. The molecule has 2 rings (SSSR count). The van der Waals surface area contributed by atoms with Crippen LogP contribution in [0.3, 0.4) is 0 Å². The van der Waals surface area contributed by atoms with E-state index in [1.165, 1.54) is 0 Å². The van der Waals surface area contributed by atoms with Crippen molar-refractivity contribution in [2.75, 3.05) is 7.11 Å². The highest BCUT2D eigenvalue weighted by Crippen LogP contribution is 2.43. The molecule has 0 spiro atoms. The number of phenols is 1. The van der Waals surface area contributed by atoms with Gasteiger partial charge in [-0.05, 0) is 6.07 Å². The van der Waals surface area contributed by atoms with E-state index in [9.17, 15) is 24.8 Å². The number of rotatable bonds is 2. The molecular weight excluding hydrogens is 234 g/mol. The van der Waals surface area contributed by atoms with Crippen molar-refractivity contribution in [1.82, 2.24) is 0 Å². The Balaban J connectivity index is 2.86. The highest BCUT2D eigenvalue weighted by atomic mass is 16.6. The maximum Gasteiger partial charge on any atom is 0.354 e. The van der Waals surface area contributed by atoms with Crippen molar-refractivity contribution in [1.29, 1.82) is 0 Å². The van der Waals surface area contributed by atoms with Gasteiger partial charge in [0.1, 0.15) is 0 Å². The number of cyclic esters (lactones) is 2. The second-order valence-electron chi connectivity index (χ2n) is 3.13. The summed E-state index contributed by atoms with van der Waals surface area (Å²) in [4.78, 5) is 32.3. The molecule has 0 amide bonds. The SMILES string of the molecule is COc1cc2c(c([N+](=O)[O-])c1O)C(=O)OC2=O. The minimum absolute atomic E-state index is 0.276. The second kappa shape index (κ2) is 3.44. The van der Waals surface area contributed by atoms with Crippen molar-refractivity contribution in [2.24, 2.45) is 0 Å². The van der Waals surface area contributed by atoms with Gasteiger partial charge in [-0.1, -0.05) is 0 Å². The van der Waals surface area contributed by atoms with Crippen LogP contribution in [0.5, 0.6) is 11.5 Å². The number of carbonyl (C=O) groups excluding carboxylic acids is 2. The fourth-order valence-corrected chi connectivity index (χ4v) is 1.53. The van der Waals surface area contributed by atoms with Gasteiger partial charge in [0.15, 0.2) is 11.3 Å². The lowest BCUT2D eigenvalue weighted by Gasteiger charge is -2.05. The number of hydrogen-bond acceptors (Lipinski definition) is 7. The summed E-state index contributed by atoms with van der Waals surface area (Å²) in [7, 11) is 1.16. The molecular formula is C9H5NO7. The quantitative estimate of drug-likeness (QED) is 0.348. The van der Waals surface area contributed by atoms with Gasteiger partial charge in [-0.3, -0.25) is 10.1 Å². The van der Waals surface area contributed by atoms with E-state index in [2.05, 4.69) is 9.47 Å². The van der Waals surface area contributed by atoms with E-state index in [1.54, 1.807) is 0 Å². The first-order valence-corrected chi connectivity index (χ1v) is 4.32. The zero-order chi connectivity index (χ0) is 12.7. The summed E-state index contributed by atoms with van der Waals surface area (Å²) in [5.74, 6) is -3.26. The first kappa shape index (κ1) is 10.9. The van der Waals surface area contributed by atoms with E-state index in [4.69, 9.17) is 0 Å². The van der Waals surface area contributed by atoms with Crippen LogP contribution in [0, 0.1) is 10.1 Å². The third-order valence-electron chi connectivity index (χ3n) is 2.25. The number of carbonyl (C=O) groups is 2. The van der Waals surface area contributed by atoms with Crippen LogP contribution < -0.4 is 4.74 Å². The molecule has 88 valence electrons. The first-order chi connectivity index (χ1) is 7.97. The van der Waals surface area contributed by atoms with Crippen molar-refractivity contribution >= 4 is 17.6 Å². The molecule has 0 fully saturated rings. The summed E-state index contributed by atoms with van der Waals surface area (Å²) < 4.78 is 8.90. The molecule has 8 nitrogen and oxygen atoms in total. The van der Waals surface area contributed by atoms with E-state index < -0.39 is 33.9 Å². The third-order valence-corrected chi connectivity index (χ3v) is 2.25. The molecule has 17 heavy (non-hydrogen) atoms. The number of esters is 2. The summed E-state index contributed by atoms with van der Waals surface area (Å²) >= 11 is 0. The Kier molecular flexibility index (Phi) is 2.20. The lowest BCUT2D eigenvalue weighted by Crippen LogP contribution is -2.02. The Morgan fingerprint density at radius 3 is 2.59 bits per heavy atom. The molecule has 0 atom stereocenters. The summed E-state index contributed by atoms with van der Waals surface area (Å²) in [6.07, 6.45) is 0. The molecule has 0 saturated heterocycles. The van der Waals surface area contributed by atoms with Crippen LogP contribution in [0.1, 0.15) is 20.7 Å². The molecule has 1 aromatic carbocycles. The standard InChI is InChI=1S/C9H5NO7/c1-16-4-2-3-5(9(13)17-8(3)12)6(7(4)11)10(14)15/h2,11H,1H3. The van der Waals surface area contributed by atoms with Gasteiger partial charge >= 0.3 is 17.6 Å². The van der Waals surface area contributed by atoms with Crippen LogP contribution in [0.25, 0.3) is 0 Å². The smallest absolute Gasteiger partial charge is 0.354 e. The molecule has 0 aliphatic carbocycles. The van der Waals surface area contributed by atoms with Gasteiger partial charge in [-0.15, -0.1) is 0 Å². The fourth-order valence-electron chi connectivity index (χ4n) is 1.53. The molecule has 0 saturated carbocycles. The minimum Gasteiger partial charge on any atom is -0.499 e. The van der Waals surface area contributed by atoms with Crippen molar-refractivity contribution in [3.8, 4) is 11.5 Å². The first-order valence-electron chi connectivity index (χ1n) is 4.32. The highest BCUT2D eigenvalue weighted by molar-refractivity contribution is 6.17. The maximum atomic E-state index is 11.3. The Labute approximate surface area is 93.5 Å². The monoisotopic (exact) mass is 239 g/mol. The van der Waals surface area contributed by atoms with Crippen molar-refractivity contribution in [2.45, 2.75) is 0 Å². The Morgan fingerprint density at radius 2 is 2.06 bits per heavy atom. The molecule has 1 N–H and O–H groups in total. The molecule has 0 unspecified atom stereocenters. The number of nitrogens with zero attached hydrogens (tertiary/aromatic N) is 1. The number of benzene rings is 1. The second-order valence-corrected chi connectivity index (χ2v) is 3.13. The third kappa shape index (κ3) is 1.38. The molecule has 1 aliphatic heterocycles.